The van der Waals surface area contributed by atoms with Gasteiger partial charge in [-0.3, -0.25) is 9.78 Å². The standard InChI is InChI=1S/C16H18N2OS3/c19-16(12-22-13-3-6-17-7-4-13)18-8-5-15(21-11-9-18)14-2-1-10-20-14/h1-4,6-7,10,15H,5,8-9,11-12H2/t15-/m0/s1. The number of pyridine rings is 1. The number of hydrogen-bond acceptors (Lipinski definition) is 5. The molecule has 6 heteroatoms. The number of aromatic nitrogens is 1. The highest BCUT2D eigenvalue weighted by atomic mass is 32.2. The number of hydrogen-bond donors (Lipinski definition) is 0. The molecule has 116 valence electrons. The SMILES string of the molecule is O=C(CSc1ccncc1)N1CCS[C@H](c2cccs2)CC1. The molecular formula is C16H18N2OS3. The highest BCUT2D eigenvalue weighted by Gasteiger charge is 2.22. The lowest BCUT2D eigenvalue weighted by atomic mass is 10.2. The molecule has 0 bridgehead atoms. The van der Waals surface area contributed by atoms with Crippen LogP contribution in [0.1, 0.15) is 16.5 Å². The Morgan fingerprint density at radius 1 is 1.32 bits per heavy atom. The molecule has 3 rings (SSSR count). The van der Waals surface area contributed by atoms with Crippen molar-refractivity contribution >= 4 is 40.8 Å². The molecule has 22 heavy (non-hydrogen) atoms. The minimum absolute atomic E-state index is 0.245. The van der Waals surface area contributed by atoms with Crippen molar-refractivity contribution in [3.05, 3.63) is 46.9 Å². The third-order valence-corrected chi connectivity index (χ3v) is 7.01. The van der Waals surface area contributed by atoms with E-state index in [-0.39, 0.29) is 5.91 Å². The molecule has 1 aliphatic heterocycles. The summed E-state index contributed by atoms with van der Waals surface area (Å²) in [5, 5.41) is 2.68. The molecule has 1 saturated heterocycles. The maximum absolute atomic E-state index is 12.4. The molecule has 0 radical (unpaired) electrons. The number of thioether (sulfide) groups is 2. The maximum Gasteiger partial charge on any atom is 0.232 e. The predicted octanol–water partition coefficient (Wildman–Crippen LogP) is 3.94. The molecule has 0 spiro atoms. The molecule has 2 aromatic rings. The molecule has 0 saturated carbocycles. The van der Waals surface area contributed by atoms with Gasteiger partial charge in [-0.05, 0) is 30.0 Å². The zero-order valence-electron chi connectivity index (χ0n) is 12.2. The van der Waals surface area contributed by atoms with Gasteiger partial charge in [0.15, 0.2) is 0 Å². The first-order valence-corrected chi connectivity index (χ1v) is 10.2. The van der Waals surface area contributed by atoms with Gasteiger partial charge in [0.05, 0.1) is 5.75 Å². The van der Waals surface area contributed by atoms with Crippen molar-refractivity contribution in [1.29, 1.82) is 0 Å². The van der Waals surface area contributed by atoms with Crippen LogP contribution < -0.4 is 0 Å². The Morgan fingerprint density at radius 2 is 2.18 bits per heavy atom. The molecule has 0 unspecified atom stereocenters. The summed E-state index contributed by atoms with van der Waals surface area (Å²) in [6.45, 7) is 1.73. The number of rotatable bonds is 4. The summed E-state index contributed by atoms with van der Waals surface area (Å²) >= 11 is 5.39. The number of carbonyl (C=O) groups excluding carboxylic acids is 1. The highest BCUT2D eigenvalue weighted by Crippen LogP contribution is 2.36. The molecule has 0 aliphatic carbocycles. The molecule has 1 amide bonds. The van der Waals surface area contributed by atoms with Gasteiger partial charge >= 0.3 is 0 Å². The van der Waals surface area contributed by atoms with Crippen LogP contribution in [-0.2, 0) is 4.79 Å². The van der Waals surface area contributed by atoms with Crippen LogP contribution in [0.2, 0.25) is 0 Å². The lowest BCUT2D eigenvalue weighted by Gasteiger charge is -2.20. The average Bonchev–Trinajstić information content (AvgIpc) is 2.98. The van der Waals surface area contributed by atoms with E-state index in [1.54, 1.807) is 24.2 Å². The van der Waals surface area contributed by atoms with E-state index < -0.39 is 0 Å². The zero-order valence-corrected chi connectivity index (χ0v) is 14.6. The molecule has 2 aromatic heterocycles. The lowest BCUT2D eigenvalue weighted by Crippen LogP contribution is -2.34. The van der Waals surface area contributed by atoms with Gasteiger partial charge in [0, 0.05) is 46.3 Å². The van der Waals surface area contributed by atoms with Crippen LogP contribution in [-0.4, -0.2) is 40.4 Å². The van der Waals surface area contributed by atoms with E-state index in [4.69, 9.17) is 0 Å². The van der Waals surface area contributed by atoms with Gasteiger partial charge in [-0.1, -0.05) is 6.07 Å². The minimum Gasteiger partial charge on any atom is -0.341 e. The Morgan fingerprint density at radius 3 is 2.95 bits per heavy atom. The van der Waals surface area contributed by atoms with Gasteiger partial charge in [-0.2, -0.15) is 11.8 Å². The van der Waals surface area contributed by atoms with Gasteiger partial charge in [0.2, 0.25) is 5.91 Å². The molecule has 1 fully saturated rings. The smallest absolute Gasteiger partial charge is 0.232 e. The number of nitrogens with zero attached hydrogens (tertiary/aromatic N) is 2. The quantitative estimate of drug-likeness (QED) is 0.782. The van der Waals surface area contributed by atoms with Crippen LogP contribution in [0, 0.1) is 0 Å². The highest BCUT2D eigenvalue weighted by molar-refractivity contribution is 8.00. The van der Waals surface area contributed by atoms with E-state index in [0.29, 0.717) is 11.0 Å². The number of carbonyl (C=O) groups is 1. The van der Waals surface area contributed by atoms with Crippen molar-refractivity contribution in [2.24, 2.45) is 0 Å². The summed E-state index contributed by atoms with van der Waals surface area (Å²) in [4.78, 5) is 21.0. The first kappa shape index (κ1) is 15.9. The molecule has 3 heterocycles. The van der Waals surface area contributed by atoms with E-state index in [1.807, 2.05) is 40.1 Å². The van der Waals surface area contributed by atoms with Crippen LogP contribution in [0.5, 0.6) is 0 Å². The predicted molar refractivity (Wildman–Crippen MR) is 95.7 cm³/mol. The van der Waals surface area contributed by atoms with Crippen LogP contribution >= 0.6 is 34.9 Å². The summed E-state index contributed by atoms with van der Waals surface area (Å²) in [5.74, 6) is 1.78. The van der Waals surface area contributed by atoms with Crippen molar-refractivity contribution in [2.75, 3.05) is 24.6 Å². The summed E-state index contributed by atoms with van der Waals surface area (Å²) in [6.07, 6.45) is 4.58. The Kier molecular flexibility index (Phi) is 5.81. The molecule has 3 nitrogen and oxygen atoms in total. The van der Waals surface area contributed by atoms with Crippen molar-refractivity contribution in [3.8, 4) is 0 Å². The fourth-order valence-electron chi connectivity index (χ4n) is 2.39. The van der Waals surface area contributed by atoms with E-state index in [9.17, 15) is 4.79 Å². The fourth-order valence-corrected chi connectivity index (χ4v) is 5.42. The summed E-state index contributed by atoms with van der Waals surface area (Å²) in [5.41, 5.74) is 0. The third kappa shape index (κ3) is 4.27. The van der Waals surface area contributed by atoms with Gasteiger partial charge < -0.3 is 4.90 Å². The summed E-state index contributed by atoms with van der Waals surface area (Å²) in [6, 6.07) is 8.21. The van der Waals surface area contributed by atoms with Crippen molar-refractivity contribution in [1.82, 2.24) is 9.88 Å². The van der Waals surface area contributed by atoms with E-state index >= 15 is 0 Å². The van der Waals surface area contributed by atoms with Crippen LogP contribution in [0.3, 0.4) is 0 Å². The van der Waals surface area contributed by atoms with E-state index in [1.165, 1.54) is 4.88 Å². The summed E-state index contributed by atoms with van der Waals surface area (Å²) < 4.78 is 0. The summed E-state index contributed by atoms with van der Waals surface area (Å²) in [7, 11) is 0. The Hall–Kier alpha value is -0.980. The zero-order chi connectivity index (χ0) is 15.2. The van der Waals surface area contributed by atoms with E-state index in [0.717, 1.165) is 30.2 Å². The first-order valence-electron chi connectivity index (χ1n) is 7.28. The second-order valence-electron chi connectivity index (χ2n) is 5.02. The minimum atomic E-state index is 0.245. The normalized spacial score (nSPS) is 18.9. The maximum atomic E-state index is 12.4. The van der Waals surface area contributed by atoms with Crippen molar-refractivity contribution < 1.29 is 4.79 Å². The van der Waals surface area contributed by atoms with Gasteiger partial charge in [-0.25, -0.2) is 0 Å². The van der Waals surface area contributed by atoms with Gasteiger partial charge in [0.1, 0.15) is 0 Å². The molecular weight excluding hydrogens is 332 g/mol. The molecule has 1 atom stereocenters. The lowest BCUT2D eigenvalue weighted by molar-refractivity contribution is -0.128. The number of thiophene rings is 1. The largest absolute Gasteiger partial charge is 0.341 e. The topological polar surface area (TPSA) is 33.2 Å². The average molecular weight is 351 g/mol. The fraction of sp³-hybridized carbons (Fsp3) is 0.375. The van der Waals surface area contributed by atoms with Gasteiger partial charge in [-0.15, -0.1) is 23.1 Å². The second kappa shape index (κ2) is 8.04. The van der Waals surface area contributed by atoms with Crippen LogP contribution in [0.15, 0.2) is 46.9 Å². The monoisotopic (exact) mass is 350 g/mol. The Labute approximate surface area is 143 Å². The Balaban J connectivity index is 1.51. The molecule has 1 aliphatic rings. The first-order chi connectivity index (χ1) is 10.8. The van der Waals surface area contributed by atoms with Gasteiger partial charge in [0.25, 0.3) is 0 Å². The molecule has 0 aromatic carbocycles. The van der Waals surface area contributed by atoms with Crippen LogP contribution in [0.25, 0.3) is 0 Å². The second-order valence-corrected chi connectivity index (χ2v) is 8.35. The van der Waals surface area contributed by atoms with E-state index in [2.05, 4.69) is 22.5 Å². The van der Waals surface area contributed by atoms with Crippen LogP contribution in [0.4, 0.5) is 0 Å². The Bertz CT molecular complexity index is 589. The third-order valence-electron chi connectivity index (χ3n) is 3.57. The van der Waals surface area contributed by atoms with Crippen molar-refractivity contribution in [2.45, 2.75) is 16.6 Å². The molecule has 0 N–H and O–H groups in total. The number of amides is 1. The van der Waals surface area contributed by atoms with Crippen molar-refractivity contribution in [3.63, 3.8) is 0 Å².